The highest BCUT2D eigenvalue weighted by atomic mass is 16.5. The molecular weight excluding hydrogens is 496 g/mol. The fourth-order valence-electron chi connectivity index (χ4n) is 5.33. The molecular formula is C36H28O4. The second-order valence-corrected chi connectivity index (χ2v) is 9.62. The maximum Gasteiger partial charge on any atom is 0.197 e. The molecule has 0 atom stereocenters. The third kappa shape index (κ3) is 4.48. The van der Waals surface area contributed by atoms with Gasteiger partial charge in [-0.1, -0.05) is 84.9 Å². The second-order valence-electron chi connectivity index (χ2n) is 9.62. The van der Waals surface area contributed by atoms with Gasteiger partial charge >= 0.3 is 0 Å². The lowest BCUT2D eigenvalue weighted by atomic mass is 9.88. The molecule has 0 aliphatic heterocycles. The van der Waals surface area contributed by atoms with Crippen molar-refractivity contribution in [3.63, 3.8) is 0 Å². The van der Waals surface area contributed by atoms with Crippen LogP contribution in [0.1, 0.15) is 45.7 Å². The number of ether oxygens (including phenoxy) is 2. The van der Waals surface area contributed by atoms with Crippen LogP contribution in [-0.4, -0.2) is 24.8 Å². The fourth-order valence-corrected chi connectivity index (χ4v) is 5.33. The van der Waals surface area contributed by atoms with Crippen molar-refractivity contribution < 1.29 is 19.1 Å². The van der Waals surface area contributed by atoms with Crippen LogP contribution >= 0.6 is 0 Å². The second kappa shape index (κ2) is 10.7. The van der Waals surface area contributed by atoms with Crippen LogP contribution in [0, 0.1) is 0 Å². The summed E-state index contributed by atoms with van der Waals surface area (Å²) in [7, 11) is 0. The molecule has 0 aliphatic rings. The third-order valence-corrected chi connectivity index (χ3v) is 7.19. The summed E-state index contributed by atoms with van der Waals surface area (Å²) in [5.41, 5.74) is 1.77. The first kappa shape index (κ1) is 25.3. The van der Waals surface area contributed by atoms with Crippen molar-refractivity contribution in [2.45, 2.75) is 13.8 Å². The average Bonchev–Trinajstić information content (AvgIpc) is 3.00. The number of hydrogen-bond donors (Lipinski definition) is 0. The van der Waals surface area contributed by atoms with Crippen molar-refractivity contribution in [2.24, 2.45) is 0 Å². The Bertz CT molecular complexity index is 1780. The van der Waals surface area contributed by atoms with Crippen molar-refractivity contribution in [1.29, 1.82) is 0 Å². The summed E-state index contributed by atoms with van der Waals surface area (Å²) in [5, 5.41) is 5.33. The predicted octanol–water partition coefficient (Wildman–Crippen LogP) is 8.41. The Labute approximate surface area is 232 Å². The van der Waals surface area contributed by atoms with E-state index in [0.717, 1.165) is 26.9 Å². The molecule has 0 unspecified atom stereocenters. The Morgan fingerprint density at radius 1 is 0.500 bits per heavy atom. The van der Waals surface area contributed by atoms with Gasteiger partial charge in [0.05, 0.1) is 24.3 Å². The molecule has 0 aromatic heterocycles. The van der Waals surface area contributed by atoms with E-state index >= 15 is 0 Å². The van der Waals surface area contributed by atoms with E-state index in [2.05, 4.69) is 0 Å². The van der Waals surface area contributed by atoms with Gasteiger partial charge in [0.2, 0.25) is 0 Å². The number of carbonyl (C=O) groups is 2. The quantitative estimate of drug-likeness (QED) is 0.188. The standard InChI is InChI=1S/C36H28O4/c1-3-39-30-19-17-25-18-20-31(40-4-2)34(36(38)29-16-14-24-10-6-8-12-27(24)22-29)32(25)33(30)35(37)28-15-13-23-9-5-7-11-26(23)21-28/h5-22H,3-4H2,1-2H3. The molecule has 196 valence electrons. The normalized spacial score (nSPS) is 11.2. The van der Waals surface area contributed by atoms with E-state index in [0.29, 0.717) is 52.4 Å². The number of rotatable bonds is 8. The van der Waals surface area contributed by atoms with E-state index in [9.17, 15) is 9.59 Å². The molecule has 4 heteroatoms. The van der Waals surface area contributed by atoms with Crippen LogP contribution in [0.25, 0.3) is 32.3 Å². The van der Waals surface area contributed by atoms with Crippen molar-refractivity contribution in [2.75, 3.05) is 13.2 Å². The predicted molar refractivity (Wildman–Crippen MR) is 161 cm³/mol. The van der Waals surface area contributed by atoms with Crippen LogP contribution in [0.4, 0.5) is 0 Å². The summed E-state index contributed by atoms with van der Waals surface area (Å²) >= 11 is 0. The van der Waals surface area contributed by atoms with Gasteiger partial charge in [-0.15, -0.1) is 0 Å². The van der Waals surface area contributed by atoms with Gasteiger partial charge in [0.25, 0.3) is 0 Å². The van der Waals surface area contributed by atoms with Crippen LogP contribution in [0.15, 0.2) is 109 Å². The molecule has 0 aliphatic carbocycles. The number of carbonyl (C=O) groups excluding carboxylic acids is 2. The Morgan fingerprint density at radius 3 is 1.32 bits per heavy atom. The molecule has 6 rings (SSSR count). The topological polar surface area (TPSA) is 52.6 Å². The summed E-state index contributed by atoms with van der Waals surface area (Å²) in [6.45, 7) is 4.52. The minimum absolute atomic E-state index is 0.207. The lowest BCUT2D eigenvalue weighted by Gasteiger charge is -2.18. The fraction of sp³-hybridized carbons (Fsp3) is 0.111. The first-order chi connectivity index (χ1) is 19.6. The van der Waals surface area contributed by atoms with Crippen molar-refractivity contribution in [3.8, 4) is 11.5 Å². The SMILES string of the molecule is CCOc1ccc2ccc(OCC)c(C(=O)c3ccc4ccccc4c3)c2c1C(=O)c1ccc2ccccc2c1. The molecule has 0 heterocycles. The molecule has 0 spiro atoms. The summed E-state index contributed by atoms with van der Waals surface area (Å²) in [4.78, 5) is 28.6. The lowest BCUT2D eigenvalue weighted by Crippen LogP contribution is -2.12. The van der Waals surface area contributed by atoms with E-state index < -0.39 is 0 Å². The first-order valence-electron chi connectivity index (χ1n) is 13.5. The highest BCUT2D eigenvalue weighted by Crippen LogP contribution is 2.38. The molecule has 0 radical (unpaired) electrons. The van der Waals surface area contributed by atoms with E-state index in [1.165, 1.54) is 0 Å². The Balaban J connectivity index is 1.62. The smallest absolute Gasteiger partial charge is 0.197 e. The van der Waals surface area contributed by atoms with Gasteiger partial charge in [-0.2, -0.15) is 0 Å². The van der Waals surface area contributed by atoms with Crippen molar-refractivity contribution in [3.05, 3.63) is 131 Å². The minimum atomic E-state index is -0.207. The summed E-state index contributed by atoms with van der Waals surface area (Å²) in [6, 6.07) is 34.6. The number of ketones is 2. The van der Waals surface area contributed by atoms with Crippen LogP contribution < -0.4 is 9.47 Å². The molecule has 0 amide bonds. The Hall–Kier alpha value is -4.96. The maximum absolute atomic E-state index is 14.3. The number of benzene rings is 6. The van der Waals surface area contributed by atoms with E-state index in [1.54, 1.807) is 0 Å². The average molecular weight is 525 g/mol. The van der Waals surface area contributed by atoms with Gasteiger partial charge in [-0.25, -0.2) is 0 Å². The van der Waals surface area contributed by atoms with E-state index in [1.807, 2.05) is 123 Å². The number of hydrogen-bond acceptors (Lipinski definition) is 4. The molecule has 4 nitrogen and oxygen atoms in total. The molecule has 0 saturated carbocycles. The minimum Gasteiger partial charge on any atom is -0.493 e. The lowest BCUT2D eigenvalue weighted by molar-refractivity contribution is 0.103. The maximum atomic E-state index is 14.3. The molecule has 0 bridgehead atoms. The van der Waals surface area contributed by atoms with Crippen LogP contribution in [0.2, 0.25) is 0 Å². The van der Waals surface area contributed by atoms with Crippen LogP contribution in [-0.2, 0) is 0 Å². The van der Waals surface area contributed by atoms with E-state index in [-0.39, 0.29) is 11.6 Å². The molecule has 0 fully saturated rings. The highest BCUT2D eigenvalue weighted by molar-refractivity contribution is 6.26. The molecule has 0 N–H and O–H groups in total. The first-order valence-corrected chi connectivity index (χ1v) is 13.5. The molecule has 6 aromatic carbocycles. The largest absolute Gasteiger partial charge is 0.493 e. The monoisotopic (exact) mass is 524 g/mol. The molecule has 40 heavy (non-hydrogen) atoms. The number of fused-ring (bicyclic) bond motifs is 3. The zero-order chi connectivity index (χ0) is 27.6. The van der Waals surface area contributed by atoms with Gasteiger partial charge < -0.3 is 9.47 Å². The van der Waals surface area contributed by atoms with Gasteiger partial charge in [0, 0.05) is 16.5 Å². The molecule has 0 saturated heterocycles. The zero-order valence-corrected chi connectivity index (χ0v) is 22.4. The summed E-state index contributed by atoms with van der Waals surface area (Å²) < 4.78 is 12.0. The Kier molecular flexibility index (Phi) is 6.75. The third-order valence-electron chi connectivity index (χ3n) is 7.19. The van der Waals surface area contributed by atoms with Crippen molar-refractivity contribution in [1.82, 2.24) is 0 Å². The van der Waals surface area contributed by atoms with E-state index in [4.69, 9.17) is 9.47 Å². The highest BCUT2D eigenvalue weighted by Gasteiger charge is 2.27. The van der Waals surface area contributed by atoms with Crippen LogP contribution in [0.3, 0.4) is 0 Å². The van der Waals surface area contributed by atoms with Crippen LogP contribution in [0.5, 0.6) is 11.5 Å². The molecule has 6 aromatic rings. The van der Waals surface area contributed by atoms with Gasteiger partial charge in [-0.05, 0) is 65.0 Å². The Morgan fingerprint density at radius 2 is 0.900 bits per heavy atom. The summed E-state index contributed by atoms with van der Waals surface area (Å²) in [5.74, 6) is 0.464. The van der Waals surface area contributed by atoms with Gasteiger partial charge in [-0.3, -0.25) is 9.59 Å². The van der Waals surface area contributed by atoms with Gasteiger partial charge in [0.15, 0.2) is 11.6 Å². The van der Waals surface area contributed by atoms with Gasteiger partial charge in [0.1, 0.15) is 11.5 Å². The zero-order valence-electron chi connectivity index (χ0n) is 22.4. The van der Waals surface area contributed by atoms with Crippen molar-refractivity contribution >= 4 is 43.9 Å². The summed E-state index contributed by atoms with van der Waals surface area (Å²) in [6.07, 6.45) is 0.